The predicted molar refractivity (Wildman–Crippen MR) is 102 cm³/mol. The van der Waals surface area contributed by atoms with Crippen molar-refractivity contribution >= 4 is 5.91 Å². The lowest BCUT2D eigenvalue weighted by Gasteiger charge is -2.59. The summed E-state index contributed by atoms with van der Waals surface area (Å²) < 4.78 is 7.80. The molecule has 1 fully saturated rings. The van der Waals surface area contributed by atoms with Crippen molar-refractivity contribution in [2.75, 3.05) is 7.11 Å². The van der Waals surface area contributed by atoms with Crippen LogP contribution in [-0.2, 0) is 11.3 Å². The quantitative estimate of drug-likeness (QED) is 0.893. The minimum Gasteiger partial charge on any atom is -0.378 e. The number of hydrogen-bond donors (Lipinski definition) is 1. The average Bonchev–Trinajstić information content (AvgIpc) is 2.90. The van der Waals surface area contributed by atoms with Gasteiger partial charge in [0.1, 0.15) is 0 Å². The first-order valence-corrected chi connectivity index (χ1v) is 9.12. The molecule has 0 saturated heterocycles. The summed E-state index contributed by atoms with van der Waals surface area (Å²) in [5.74, 6) is -0.0124. The lowest BCUT2D eigenvalue weighted by molar-refractivity contribution is -0.177. The highest BCUT2D eigenvalue weighted by atomic mass is 16.5. The third-order valence-corrected chi connectivity index (χ3v) is 6.45. The summed E-state index contributed by atoms with van der Waals surface area (Å²) in [5.41, 5.74) is 3.46. The second kappa shape index (κ2) is 6.54. The van der Waals surface area contributed by atoms with E-state index >= 15 is 0 Å². The summed E-state index contributed by atoms with van der Waals surface area (Å²) in [4.78, 5) is 17.3. The smallest absolute Gasteiger partial charge is 0.253 e. The minimum atomic E-state index is -0.194. The van der Waals surface area contributed by atoms with E-state index in [2.05, 4.69) is 35.6 Å². The Morgan fingerprint density at radius 2 is 2.08 bits per heavy atom. The number of methoxy groups -OCH3 is 1. The first kappa shape index (κ1) is 18.6. The number of aryl methyl sites for hydroxylation is 1. The molecule has 1 saturated carbocycles. The van der Waals surface area contributed by atoms with Gasteiger partial charge in [0.15, 0.2) is 0 Å². The van der Waals surface area contributed by atoms with Gasteiger partial charge in [-0.1, -0.05) is 19.9 Å². The van der Waals surface area contributed by atoms with Crippen molar-refractivity contribution in [3.8, 4) is 0 Å². The number of hydrogen-bond acceptors (Lipinski definition) is 3. The van der Waals surface area contributed by atoms with Crippen molar-refractivity contribution in [2.24, 2.45) is 5.41 Å². The van der Waals surface area contributed by atoms with Crippen molar-refractivity contribution < 1.29 is 9.53 Å². The van der Waals surface area contributed by atoms with E-state index in [1.165, 1.54) is 0 Å². The van der Waals surface area contributed by atoms with Crippen LogP contribution in [0.15, 0.2) is 30.5 Å². The van der Waals surface area contributed by atoms with Crippen molar-refractivity contribution in [1.82, 2.24) is 14.9 Å². The van der Waals surface area contributed by atoms with Crippen LogP contribution in [0.3, 0.4) is 0 Å². The Kier molecular flexibility index (Phi) is 4.69. The summed E-state index contributed by atoms with van der Waals surface area (Å²) >= 11 is 0. The second-order valence-electron chi connectivity index (χ2n) is 8.08. The van der Waals surface area contributed by atoms with Gasteiger partial charge < -0.3 is 14.6 Å². The molecule has 140 valence electrons. The van der Waals surface area contributed by atoms with E-state index in [0.717, 1.165) is 29.1 Å². The molecule has 0 spiro atoms. The molecule has 0 bridgehead atoms. The maximum absolute atomic E-state index is 12.9. The highest BCUT2D eigenvalue weighted by Crippen LogP contribution is 2.51. The Morgan fingerprint density at radius 1 is 1.35 bits per heavy atom. The van der Waals surface area contributed by atoms with Crippen LogP contribution in [0.4, 0.5) is 0 Å². The van der Waals surface area contributed by atoms with Gasteiger partial charge in [-0.15, -0.1) is 0 Å². The Labute approximate surface area is 155 Å². The summed E-state index contributed by atoms with van der Waals surface area (Å²) in [5, 5.41) is 3.21. The summed E-state index contributed by atoms with van der Waals surface area (Å²) in [6.45, 7) is 11.1. The van der Waals surface area contributed by atoms with Crippen LogP contribution in [0.1, 0.15) is 54.6 Å². The van der Waals surface area contributed by atoms with E-state index in [1.54, 1.807) is 13.3 Å². The Bertz CT molecular complexity index is 810. The van der Waals surface area contributed by atoms with Gasteiger partial charge in [-0.25, -0.2) is 0 Å². The third-order valence-electron chi connectivity index (χ3n) is 6.45. The molecule has 1 aliphatic rings. The fraction of sp³-hybridized carbons (Fsp3) is 0.524. The zero-order valence-corrected chi connectivity index (χ0v) is 16.6. The summed E-state index contributed by atoms with van der Waals surface area (Å²) in [7, 11) is 1.74. The Balaban J connectivity index is 1.76. The van der Waals surface area contributed by atoms with Crippen molar-refractivity contribution in [2.45, 2.75) is 59.2 Å². The molecule has 2 heterocycles. The molecule has 2 aromatic heterocycles. The number of nitrogens with zero attached hydrogens (tertiary/aromatic N) is 2. The van der Waals surface area contributed by atoms with Crippen LogP contribution in [0, 0.1) is 19.3 Å². The highest BCUT2D eigenvalue weighted by molar-refractivity contribution is 5.96. The summed E-state index contributed by atoms with van der Waals surface area (Å²) in [6, 6.07) is 7.97. The normalized spacial score (nSPS) is 24.2. The molecule has 3 rings (SSSR count). The van der Waals surface area contributed by atoms with Crippen molar-refractivity contribution in [3.05, 3.63) is 53.1 Å². The minimum absolute atomic E-state index is 0.0124. The van der Waals surface area contributed by atoms with E-state index in [-0.39, 0.29) is 23.0 Å². The summed E-state index contributed by atoms with van der Waals surface area (Å²) in [6.07, 6.45) is 2.62. The first-order chi connectivity index (χ1) is 12.2. The van der Waals surface area contributed by atoms with Gasteiger partial charge in [0.05, 0.1) is 23.4 Å². The number of carbonyl (C=O) groups is 1. The molecular formula is C21H29N3O2. The topological polar surface area (TPSA) is 56.1 Å². The number of carbonyl (C=O) groups excluding carboxylic acids is 1. The molecule has 0 aliphatic heterocycles. The van der Waals surface area contributed by atoms with E-state index in [1.807, 2.05) is 38.1 Å². The van der Waals surface area contributed by atoms with Crippen LogP contribution in [0.25, 0.3) is 0 Å². The first-order valence-electron chi connectivity index (χ1n) is 9.12. The molecular weight excluding hydrogens is 326 g/mol. The zero-order chi connectivity index (χ0) is 19.1. The van der Waals surface area contributed by atoms with Gasteiger partial charge in [0, 0.05) is 36.2 Å². The van der Waals surface area contributed by atoms with Crippen molar-refractivity contribution in [1.29, 1.82) is 0 Å². The Morgan fingerprint density at radius 3 is 2.65 bits per heavy atom. The van der Waals surface area contributed by atoms with E-state index in [9.17, 15) is 4.79 Å². The fourth-order valence-corrected chi connectivity index (χ4v) is 3.89. The van der Waals surface area contributed by atoms with E-state index < -0.39 is 0 Å². The van der Waals surface area contributed by atoms with Crippen LogP contribution in [0.2, 0.25) is 0 Å². The van der Waals surface area contributed by atoms with E-state index in [0.29, 0.717) is 6.54 Å². The van der Waals surface area contributed by atoms with Gasteiger partial charge >= 0.3 is 0 Å². The molecule has 0 aromatic carbocycles. The molecule has 2 atom stereocenters. The van der Waals surface area contributed by atoms with Crippen LogP contribution in [-0.4, -0.2) is 34.2 Å². The molecule has 0 unspecified atom stereocenters. The number of ether oxygens (including phenoxy) is 1. The van der Waals surface area contributed by atoms with Gasteiger partial charge in [-0.2, -0.15) is 0 Å². The zero-order valence-electron chi connectivity index (χ0n) is 16.6. The van der Waals surface area contributed by atoms with E-state index in [4.69, 9.17) is 4.74 Å². The second-order valence-corrected chi connectivity index (χ2v) is 8.08. The largest absolute Gasteiger partial charge is 0.378 e. The van der Waals surface area contributed by atoms with Gasteiger partial charge in [-0.05, 0) is 45.4 Å². The van der Waals surface area contributed by atoms with Crippen molar-refractivity contribution in [3.63, 3.8) is 0 Å². The molecule has 5 nitrogen and oxygen atoms in total. The SMILES string of the molecule is CO[C@@]1(C)C[C@H](NC(=O)c2cc(C)n(Cc3ccccn3)c2C)C1(C)C. The monoisotopic (exact) mass is 355 g/mol. The maximum atomic E-state index is 12.9. The number of nitrogens with one attached hydrogen (secondary N) is 1. The van der Waals surface area contributed by atoms with Gasteiger partial charge in [0.25, 0.3) is 5.91 Å². The number of aromatic nitrogens is 2. The van der Waals surface area contributed by atoms with Gasteiger partial charge in [-0.3, -0.25) is 9.78 Å². The van der Waals surface area contributed by atoms with Gasteiger partial charge in [0.2, 0.25) is 0 Å². The lowest BCUT2D eigenvalue weighted by atomic mass is 9.56. The predicted octanol–water partition coefficient (Wildman–Crippen LogP) is 3.48. The lowest BCUT2D eigenvalue weighted by Crippen LogP contribution is -2.68. The molecule has 1 N–H and O–H groups in total. The molecule has 2 aromatic rings. The maximum Gasteiger partial charge on any atom is 0.253 e. The number of pyridine rings is 1. The highest BCUT2D eigenvalue weighted by Gasteiger charge is 2.58. The van der Waals surface area contributed by atoms with Crippen LogP contribution >= 0.6 is 0 Å². The third kappa shape index (κ3) is 2.94. The number of amides is 1. The molecule has 0 radical (unpaired) electrons. The Hall–Kier alpha value is -2.14. The fourth-order valence-electron chi connectivity index (χ4n) is 3.89. The van der Waals surface area contributed by atoms with Crippen LogP contribution < -0.4 is 5.32 Å². The standard InChI is InChI=1S/C21H29N3O2/c1-14-11-17(15(2)24(14)13-16-9-7-8-10-22-16)19(25)23-18-12-21(5,26-6)20(18,3)4/h7-11,18H,12-13H2,1-6H3,(H,23,25)/t18-,21-/m0/s1. The molecule has 5 heteroatoms. The molecule has 1 amide bonds. The molecule has 1 aliphatic carbocycles. The van der Waals surface area contributed by atoms with Crippen LogP contribution in [0.5, 0.6) is 0 Å². The molecule has 26 heavy (non-hydrogen) atoms. The average molecular weight is 355 g/mol. The number of rotatable bonds is 5.